The Kier molecular flexibility index (Phi) is 4.52. The molecule has 0 radical (unpaired) electrons. The van der Waals surface area contributed by atoms with Crippen LogP contribution in [0.1, 0.15) is 18.9 Å². The van der Waals surface area contributed by atoms with Crippen molar-refractivity contribution in [1.82, 2.24) is 4.90 Å². The molecule has 2 saturated heterocycles. The third kappa shape index (κ3) is 3.34. The Bertz CT molecular complexity index is 575. The topological polar surface area (TPSA) is 38.8 Å². The van der Waals surface area contributed by atoms with Gasteiger partial charge in [0.2, 0.25) is 5.91 Å². The SMILES string of the molecule is CC1CN(C(=O)Cc2ccc(F)c(Br)c2)CC2(CCOC2)O1. The minimum absolute atomic E-state index is 0.000598. The van der Waals surface area contributed by atoms with Crippen LogP contribution in [0.3, 0.4) is 0 Å². The molecule has 2 atom stereocenters. The number of ether oxygens (including phenoxy) is 2. The Morgan fingerprint density at radius 2 is 2.36 bits per heavy atom. The monoisotopic (exact) mass is 371 g/mol. The van der Waals surface area contributed by atoms with Gasteiger partial charge in [-0.05, 0) is 40.5 Å². The van der Waals surface area contributed by atoms with Crippen molar-refractivity contribution in [2.24, 2.45) is 0 Å². The van der Waals surface area contributed by atoms with Gasteiger partial charge in [-0.25, -0.2) is 4.39 Å². The van der Waals surface area contributed by atoms with Crippen molar-refractivity contribution in [3.8, 4) is 0 Å². The summed E-state index contributed by atoms with van der Waals surface area (Å²) in [7, 11) is 0. The second kappa shape index (κ2) is 6.26. The van der Waals surface area contributed by atoms with Gasteiger partial charge < -0.3 is 14.4 Å². The third-order valence-corrected chi connectivity index (χ3v) is 4.77. The molecule has 2 unspecified atom stereocenters. The normalized spacial score (nSPS) is 28.3. The van der Waals surface area contributed by atoms with Crippen molar-refractivity contribution < 1.29 is 18.7 Å². The van der Waals surface area contributed by atoms with Gasteiger partial charge in [-0.3, -0.25) is 4.79 Å². The first-order valence-corrected chi connectivity index (χ1v) is 8.24. The number of hydrogen-bond donors (Lipinski definition) is 0. The number of rotatable bonds is 2. The number of morpholine rings is 1. The number of carbonyl (C=O) groups excluding carboxylic acids is 1. The molecular weight excluding hydrogens is 353 g/mol. The van der Waals surface area contributed by atoms with Crippen LogP contribution in [0.4, 0.5) is 4.39 Å². The largest absolute Gasteiger partial charge is 0.378 e. The molecule has 2 heterocycles. The van der Waals surface area contributed by atoms with Crippen molar-refractivity contribution >= 4 is 21.8 Å². The number of halogens is 2. The van der Waals surface area contributed by atoms with E-state index in [2.05, 4.69) is 15.9 Å². The van der Waals surface area contributed by atoms with E-state index in [-0.39, 0.29) is 29.9 Å². The van der Waals surface area contributed by atoms with Gasteiger partial charge in [0.25, 0.3) is 0 Å². The van der Waals surface area contributed by atoms with Crippen molar-refractivity contribution in [1.29, 1.82) is 0 Å². The lowest BCUT2D eigenvalue weighted by Gasteiger charge is -2.42. The van der Waals surface area contributed by atoms with Gasteiger partial charge in [-0.1, -0.05) is 6.07 Å². The maximum atomic E-state index is 13.3. The van der Waals surface area contributed by atoms with Crippen molar-refractivity contribution in [3.63, 3.8) is 0 Å². The lowest BCUT2D eigenvalue weighted by atomic mass is 9.98. The van der Waals surface area contributed by atoms with Crippen LogP contribution >= 0.6 is 15.9 Å². The average Bonchev–Trinajstić information content (AvgIpc) is 2.89. The van der Waals surface area contributed by atoms with Crippen LogP contribution in [0, 0.1) is 5.82 Å². The van der Waals surface area contributed by atoms with E-state index in [4.69, 9.17) is 9.47 Å². The van der Waals surface area contributed by atoms with Gasteiger partial charge in [-0.15, -0.1) is 0 Å². The first-order valence-electron chi connectivity index (χ1n) is 7.45. The summed E-state index contributed by atoms with van der Waals surface area (Å²) in [5.74, 6) is -0.279. The molecule has 0 aromatic heterocycles. The molecule has 120 valence electrons. The minimum atomic E-state index is -0.350. The molecule has 1 aromatic rings. The predicted molar refractivity (Wildman–Crippen MR) is 83.1 cm³/mol. The zero-order valence-electron chi connectivity index (χ0n) is 12.5. The van der Waals surface area contributed by atoms with Gasteiger partial charge in [0.05, 0.1) is 30.1 Å². The fourth-order valence-electron chi connectivity index (χ4n) is 3.16. The summed E-state index contributed by atoms with van der Waals surface area (Å²) in [4.78, 5) is 14.4. The lowest BCUT2D eigenvalue weighted by molar-refractivity contribution is -0.165. The average molecular weight is 372 g/mol. The zero-order valence-corrected chi connectivity index (χ0v) is 14.1. The zero-order chi connectivity index (χ0) is 15.7. The van der Waals surface area contributed by atoms with E-state index in [1.54, 1.807) is 12.1 Å². The van der Waals surface area contributed by atoms with Crippen LogP contribution < -0.4 is 0 Å². The number of benzene rings is 1. The maximum absolute atomic E-state index is 13.3. The van der Waals surface area contributed by atoms with Crippen LogP contribution in [0.15, 0.2) is 22.7 Å². The van der Waals surface area contributed by atoms with Crippen LogP contribution in [-0.2, 0) is 20.7 Å². The van der Waals surface area contributed by atoms with E-state index in [1.807, 2.05) is 11.8 Å². The van der Waals surface area contributed by atoms with E-state index in [1.165, 1.54) is 6.07 Å². The molecule has 0 N–H and O–H groups in total. The van der Waals surface area contributed by atoms with Gasteiger partial charge in [-0.2, -0.15) is 0 Å². The van der Waals surface area contributed by atoms with E-state index < -0.39 is 0 Å². The molecule has 2 aliphatic heterocycles. The minimum Gasteiger partial charge on any atom is -0.378 e. The smallest absolute Gasteiger partial charge is 0.227 e. The Balaban J connectivity index is 1.69. The Hall–Kier alpha value is -0.980. The third-order valence-electron chi connectivity index (χ3n) is 4.17. The van der Waals surface area contributed by atoms with Crippen molar-refractivity contribution in [2.75, 3.05) is 26.3 Å². The summed E-state index contributed by atoms with van der Waals surface area (Å²) < 4.78 is 25.1. The van der Waals surface area contributed by atoms with Gasteiger partial charge >= 0.3 is 0 Å². The summed E-state index contributed by atoms with van der Waals surface area (Å²) >= 11 is 3.15. The molecule has 1 aromatic carbocycles. The molecule has 0 bridgehead atoms. The number of carbonyl (C=O) groups is 1. The number of nitrogens with zero attached hydrogens (tertiary/aromatic N) is 1. The van der Waals surface area contributed by atoms with Crippen molar-refractivity contribution in [3.05, 3.63) is 34.1 Å². The highest BCUT2D eigenvalue weighted by Crippen LogP contribution is 2.30. The predicted octanol–water partition coefficient (Wildman–Crippen LogP) is 2.54. The molecule has 1 spiro atoms. The highest BCUT2D eigenvalue weighted by atomic mass is 79.9. The lowest BCUT2D eigenvalue weighted by Crippen LogP contribution is -2.57. The van der Waals surface area contributed by atoms with Crippen LogP contribution in [0.2, 0.25) is 0 Å². The molecular formula is C16H19BrFNO3. The van der Waals surface area contributed by atoms with Crippen molar-refractivity contribution in [2.45, 2.75) is 31.5 Å². The summed E-state index contributed by atoms with van der Waals surface area (Å²) in [5.41, 5.74) is 0.450. The Morgan fingerprint density at radius 1 is 1.55 bits per heavy atom. The van der Waals surface area contributed by atoms with E-state index in [9.17, 15) is 9.18 Å². The molecule has 22 heavy (non-hydrogen) atoms. The summed E-state index contributed by atoms with van der Waals surface area (Å²) in [6, 6.07) is 4.68. The second-order valence-corrected chi connectivity index (χ2v) is 6.97. The van der Waals surface area contributed by atoms with E-state index in [0.717, 1.165) is 12.0 Å². The molecule has 1 amide bonds. The maximum Gasteiger partial charge on any atom is 0.227 e. The fourth-order valence-corrected chi connectivity index (χ4v) is 3.58. The molecule has 2 fully saturated rings. The standard InChI is InChI=1S/C16H19BrFNO3/c1-11-8-19(9-16(22-11)4-5-21-10-16)15(20)7-12-2-3-14(18)13(17)6-12/h2-3,6,11H,4-5,7-10H2,1H3. The Labute approximate surface area is 137 Å². The van der Waals surface area contributed by atoms with Gasteiger partial charge in [0.15, 0.2) is 0 Å². The molecule has 2 aliphatic rings. The van der Waals surface area contributed by atoms with Crippen LogP contribution in [0.5, 0.6) is 0 Å². The molecule has 0 saturated carbocycles. The number of hydrogen-bond acceptors (Lipinski definition) is 3. The van der Waals surface area contributed by atoms with Gasteiger partial charge in [0.1, 0.15) is 11.4 Å². The molecule has 6 heteroatoms. The van der Waals surface area contributed by atoms with Gasteiger partial charge in [0, 0.05) is 19.6 Å². The molecule has 0 aliphatic carbocycles. The molecule has 4 nitrogen and oxygen atoms in total. The highest BCUT2D eigenvalue weighted by molar-refractivity contribution is 9.10. The highest BCUT2D eigenvalue weighted by Gasteiger charge is 2.43. The summed E-state index contributed by atoms with van der Waals surface area (Å²) in [6.45, 7) is 4.36. The van der Waals surface area contributed by atoms with E-state index >= 15 is 0 Å². The van der Waals surface area contributed by atoms with Crippen LogP contribution in [-0.4, -0.2) is 48.8 Å². The van der Waals surface area contributed by atoms with E-state index in [0.29, 0.717) is 30.8 Å². The fraction of sp³-hybridized carbons (Fsp3) is 0.562. The molecule has 3 rings (SSSR count). The Morgan fingerprint density at radius 3 is 3.05 bits per heavy atom. The first-order chi connectivity index (χ1) is 10.5. The summed E-state index contributed by atoms with van der Waals surface area (Å²) in [6.07, 6.45) is 1.09. The second-order valence-electron chi connectivity index (χ2n) is 6.11. The quantitative estimate of drug-likeness (QED) is 0.801. The van der Waals surface area contributed by atoms with Crippen LogP contribution in [0.25, 0.3) is 0 Å². The summed E-state index contributed by atoms with van der Waals surface area (Å²) in [5, 5.41) is 0. The number of amides is 1. The first kappa shape index (κ1) is 15.9.